The number of nitrogens with zero attached hydrogens (tertiary/aromatic N) is 1. The lowest BCUT2D eigenvalue weighted by molar-refractivity contribution is -0.0709. The van der Waals surface area contributed by atoms with Gasteiger partial charge in [-0.3, -0.25) is 0 Å². The van der Waals surface area contributed by atoms with Crippen molar-refractivity contribution in [3.8, 4) is 0 Å². The summed E-state index contributed by atoms with van der Waals surface area (Å²) in [5.74, 6) is 4.91. The number of aromatic nitrogens is 1. The Labute approximate surface area is 127 Å². The number of nitrogens with one attached hydrogen (secondary N) is 1. The molecule has 4 fully saturated rings. The van der Waals surface area contributed by atoms with Crippen LogP contribution in [0, 0.1) is 23.2 Å². The summed E-state index contributed by atoms with van der Waals surface area (Å²) < 4.78 is 5.73. The second kappa shape index (κ2) is 5.12. The average molecular weight is 288 g/mol. The third-order valence-corrected chi connectivity index (χ3v) is 6.51. The fourth-order valence-corrected chi connectivity index (χ4v) is 5.76. The molecular formula is C18H28N2O. The van der Waals surface area contributed by atoms with E-state index in [4.69, 9.17) is 4.42 Å². The van der Waals surface area contributed by atoms with Crippen molar-refractivity contribution in [2.24, 2.45) is 23.2 Å². The van der Waals surface area contributed by atoms with Crippen LogP contribution in [0.4, 0.5) is 0 Å². The van der Waals surface area contributed by atoms with Gasteiger partial charge in [-0.1, -0.05) is 6.92 Å². The van der Waals surface area contributed by atoms with Crippen molar-refractivity contribution in [1.82, 2.24) is 10.3 Å². The van der Waals surface area contributed by atoms with Gasteiger partial charge in [-0.25, -0.2) is 4.98 Å². The van der Waals surface area contributed by atoms with Gasteiger partial charge in [-0.2, -0.15) is 0 Å². The van der Waals surface area contributed by atoms with Gasteiger partial charge in [0.2, 0.25) is 5.89 Å². The second-order valence-electron chi connectivity index (χ2n) is 7.96. The van der Waals surface area contributed by atoms with Crippen LogP contribution < -0.4 is 5.32 Å². The molecule has 1 atom stereocenters. The van der Waals surface area contributed by atoms with Crippen LogP contribution in [0.15, 0.2) is 10.6 Å². The molecule has 1 heterocycles. The van der Waals surface area contributed by atoms with E-state index in [9.17, 15) is 0 Å². The Kier molecular flexibility index (Phi) is 3.36. The van der Waals surface area contributed by atoms with Gasteiger partial charge in [0.25, 0.3) is 0 Å². The molecule has 0 amide bonds. The highest BCUT2D eigenvalue weighted by Crippen LogP contribution is 2.61. The topological polar surface area (TPSA) is 38.1 Å². The molecule has 1 N–H and O–H groups in total. The van der Waals surface area contributed by atoms with Crippen molar-refractivity contribution in [1.29, 1.82) is 0 Å². The van der Waals surface area contributed by atoms with Gasteiger partial charge < -0.3 is 9.73 Å². The van der Waals surface area contributed by atoms with E-state index in [1.807, 2.05) is 6.20 Å². The Morgan fingerprint density at radius 2 is 1.86 bits per heavy atom. The van der Waals surface area contributed by atoms with Gasteiger partial charge in [0, 0.05) is 12.5 Å². The predicted octanol–water partition coefficient (Wildman–Crippen LogP) is 3.93. The zero-order valence-electron chi connectivity index (χ0n) is 13.4. The molecule has 4 saturated carbocycles. The lowest BCUT2D eigenvalue weighted by atomic mass is 9.48. The summed E-state index contributed by atoms with van der Waals surface area (Å²) in [4.78, 5) is 4.38. The van der Waals surface area contributed by atoms with Crippen molar-refractivity contribution in [3.05, 3.63) is 17.8 Å². The molecule has 0 saturated heterocycles. The molecular weight excluding hydrogens is 260 g/mol. The summed E-state index contributed by atoms with van der Waals surface area (Å²) in [6.45, 7) is 5.29. The van der Waals surface area contributed by atoms with Crippen LogP contribution in [0.1, 0.15) is 64.0 Å². The molecule has 4 aliphatic carbocycles. The summed E-state index contributed by atoms with van der Waals surface area (Å²) in [7, 11) is 0. The zero-order valence-corrected chi connectivity index (χ0v) is 13.4. The minimum Gasteiger partial charge on any atom is -0.444 e. The van der Waals surface area contributed by atoms with Crippen LogP contribution in [0.3, 0.4) is 0 Å². The summed E-state index contributed by atoms with van der Waals surface area (Å²) in [5.41, 5.74) is 0.564. The summed E-state index contributed by atoms with van der Waals surface area (Å²) in [6, 6.07) is 0.586. The van der Waals surface area contributed by atoms with Crippen molar-refractivity contribution in [3.63, 3.8) is 0 Å². The Morgan fingerprint density at radius 3 is 2.38 bits per heavy atom. The number of hydrogen-bond donors (Lipinski definition) is 1. The van der Waals surface area contributed by atoms with E-state index >= 15 is 0 Å². The van der Waals surface area contributed by atoms with Gasteiger partial charge in [-0.05, 0) is 68.6 Å². The fraction of sp³-hybridized carbons (Fsp3) is 0.833. The highest BCUT2D eigenvalue weighted by atomic mass is 16.4. The minimum absolute atomic E-state index is 0.564. The molecule has 0 spiro atoms. The molecule has 0 radical (unpaired) electrons. The first kappa shape index (κ1) is 13.8. The molecule has 3 nitrogen and oxygen atoms in total. The van der Waals surface area contributed by atoms with Gasteiger partial charge in [0.15, 0.2) is 0 Å². The maximum atomic E-state index is 5.73. The first-order valence-corrected chi connectivity index (χ1v) is 8.84. The number of aryl methyl sites for hydroxylation is 1. The molecule has 0 aliphatic heterocycles. The maximum Gasteiger partial charge on any atom is 0.208 e. The Balaban J connectivity index is 1.41. The van der Waals surface area contributed by atoms with Gasteiger partial charge in [-0.15, -0.1) is 0 Å². The van der Waals surface area contributed by atoms with Gasteiger partial charge >= 0.3 is 0 Å². The summed E-state index contributed by atoms with van der Waals surface area (Å²) >= 11 is 0. The third kappa shape index (κ3) is 2.44. The Hall–Kier alpha value is -0.830. The molecule has 5 rings (SSSR count). The molecule has 3 heteroatoms. The van der Waals surface area contributed by atoms with Crippen LogP contribution in [-0.2, 0) is 13.0 Å². The predicted molar refractivity (Wildman–Crippen MR) is 82.8 cm³/mol. The second-order valence-corrected chi connectivity index (χ2v) is 7.96. The van der Waals surface area contributed by atoms with E-state index in [1.54, 1.807) is 0 Å². The minimum atomic E-state index is 0.564. The lowest BCUT2D eigenvalue weighted by Crippen LogP contribution is -2.54. The number of rotatable bonds is 5. The summed E-state index contributed by atoms with van der Waals surface area (Å²) in [5, 5.41) is 3.74. The van der Waals surface area contributed by atoms with Crippen LogP contribution in [0.25, 0.3) is 0 Å². The van der Waals surface area contributed by atoms with Gasteiger partial charge in [0.05, 0.1) is 12.7 Å². The number of oxazole rings is 1. The van der Waals surface area contributed by atoms with Crippen molar-refractivity contribution >= 4 is 0 Å². The third-order valence-electron chi connectivity index (χ3n) is 6.51. The monoisotopic (exact) mass is 288 g/mol. The molecule has 4 aliphatic rings. The molecule has 4 bridgehead atoms. The van der Waals surface area contributed by atoms with Crippen LogP contribution >= 0.6 is 0 Å². The quantitative estimate of drug-likeness (QED) is 0.892. The highest BCUT2D eigenvalue weighted by Gasteiger charge is 2.52. The smallest absolute Gasteiger partial charge is 0.208 e. The van der Waals surface area contributed by atoms with E-state index in [0.717, 1.165) is 42.4 Å². The first-order chi connectivity index (χ1) is 10.2. The SMILES string of the molecule is CCc1cnc(CNC(C)C23CC4CC(CC(C4)C2)C3)o1. The van der Waals surface area contributed by atoms with E-state index < -0.39 is 0 Å². The van der Waals surface area contributed by atoms with Gasteiger partial charge in [0.1, 0.15) is 5.76 Å². The van der Waals surface area contributed by atoms with E-state index in [1.165, 1.54) is 38.5 Å². The average Bonchev–Trinajstić information content (AvgIpc) is 2.91. The van der Waals surface area contributed by atoms with Crippen LogP contribution in [0.2, 0.25) is 0 Å². The highest BCUT2D eigenvalue weighted by molar-refractivity contribution is 5.05. The van der Waals surface area contributed by atoms with E-state index in [-0.39, 0.29) is 0 Å². The fourth-order valence-electron chi connectivity index (χ4n) is 5.76. The standard InChI is InChI=1S/C18H28N2O/c1-3-16-10-20-17(21-16)11-19-12(2)18-7-13-4-14(8-18)6-15(5-13)9-18/h10,12-15,19H,3-9,11H2,1-2H3. The van der Waals surface area contributed by atoms with Crippen LogP contribution in [-0.4, -0.2) is 11.0 Å². The maximum absolute atomic E-state index is 5.73. The Bertz CT molecular complexity index is 472. The molecule has 0 aromatic carbocycles. The summed E-state index contributed by atoms with van der Waals surface area (Å²) in [6.07, 6.45) is 11.7. The molecule has 21 heavy (non-hydrogen) atoms. The number of hydrogen-bond acceptors (Lipinski definition) is 3. The molecule has 1 aromatic heterocycles. The van der Waals surface area contributed by atoms with Crippen molar-refractivity contribution in [2.45, 2.75) is 71.4 Å². The zero-order chi connectivity index (χ0) is 14.4. The van der Waals surface area contributed by atoms with E-state index in [2.05, 4.69) is 24.1 Å². The van der Waals surface area contributed by atoms with Crippen molar-refractivity contribution < 1.29 is 4.42 Å². The molecule has 1 unspecified atom stereocenters. The Morgan fingerprint density at radius 1 is 1.24 bits per heavy atom. The lowest BCUT2D eigenvalue weighted by Gasteiger charge is -2.59. The normalized spacial score (nSPS) is 38.9. The van der Waals surface area contributed by atoms with E-state index in [0.29, 0.717) is 11.5 Å². The molecule has 1 aromatic rings. The molecule has 116 valence electrons. The largest absolute Gasteiger partial charge is 0.444 e. The first-order valence-electron chi connectivity index (χ1n) is 8.84. The van der Waals surface area contributed by atoms with Crippen LogP contribution in [0.5, 0.6) is 0 Å². The van der Waals surface area contributed by atoms with Crippen molar-refractivity contribution in [2.75, 3.05) is 0 Å².